The van der Waals surface area contributed by atoms with Crippen LogP contribution in [0.2, 0.25) is 0 Å². The fourth-order valence-electron chi connectivity index (χ4n) is 4.68. The molecular formula is C29H29N7O4. The fourth-order valence-corrected chi connectivity index (χ4v) is 4.68. The van der Waals surface area contributed by atoms with Gasteiger partial charge in [0.25, 0.3) is 11.8 Å². The first-order chi connectivity index (χ1) is 19.2. The summed E-state index contributed by atoms with van der Waals surface area (Å²) in [6, 6.07) is 13.1. The number of fused-ring (bicyclic) bond motifs is 2. The van der Waals surface area contributed by atoms with Crippen molar-refractivity contribution >= 4 is 40.5 Å². The Hall–Kier alpha value is -5.06. The van der Waals surface area contributed by atoms with Crippen LogP contribution in [0.4, 0.5) is 5.95 Å². The maximum absolute atomic E-state index is 13.3. The molecule has 0 unspecified atom stereocenters. The lowest BCUT2D eigenvalue weighted by atomic mass is 10.1. The van der Waals surface area contributed by atoms with Crippen molar-refractivity contribution in [2.24, 2.45) is 4.99 Å². The van der Waals surface area contributed by atoms with Crippen LogP contribution in [0.5, 0.6) is 5.75 Å². The summed E-state index contributed by atoms with van der Waals surface area (Å²) in [7, 11) is 1.62. The largest absolute Gasteiger partial charge is 0.497 e. The lowest BCUT2D eigenvalue weighted by molar-refractivity contribution is -0.123. The molecule has 4 aromatic rings. The number of nitrogens with zero attached hydrogens (tertiary/aromatic N) is 4. The van der Waals surface area contributed by atoms with Crippen molar-refractivity contribution in [1.29, 1.82) is 0 Å². The average Bonchev–Trinajstić information content (AvgIpc) is 3.45. The van der Waals surface area contributed by atoms with Crippen LogP contribution in [0.15, 0.2) is 59.7 Å². The molecule has 0 radical (unpaired) electrons. The number of rotatable bonds is 7. The molecule has 3 amide bonds. The summed E-state index contributed by atoms with van der Waals surface area (Å²) in [6.45, 7) is 5.50. The third-order valence-corrected chi connectivity index (χ3v) is 6.67. The Labute approximate surface area is 230 Å². The zero-order chi connectivity index (χ0) is 28.4. The van der Waals surface area contributed by atoms with Gasteiger partial charge in [-0.2, -0.15) is 0 Å². The molecule has 3 N–H and O–H groups in total. The Morgan fingerprint density at radius 1 is 1.05 bits per heavy atom. The van der Waals surface area contributed by atoms with E-state index in [0.717, 1.165) is 38.5 Å². The van der Waals surface area contributed by atoms with E-state index in [1.54, 1.807) is 31.4 Å². The molecule has 0 saturated heterocycles. The summed E-state index contributed by atoms with van der Waals surface area (Å²) in [5, 5.41) is 6.74. The van der Waals surface area contributed by atoms with Gasteiger partial charge >= 0.3 is 0 Å². The van der Waals surface area contributed by atoms with Crippen molar-refractivity contribution in [2.75, 3.05) is 19.0 Å². The van der Waals surface area contributed by atoms with E-state index in [1.807, 2.05) is 44.3 Å². The van der Waals surface area contributed by atoms with E-state index in [1.165, 1.54) is 6.92 Å². The van der Waals surface area contributed by atoms with Crippen molar-refractivity contribution in [3.63, 3.8) is 0 Å². The molecule has 5 rings (SSSR count). The third kappa shape index (κ3) is 5.26. The topological polar surface area (TPSA) is 142 Å². The first-order valence-corrected chi connectivity index (χ1v) is 12.8. The molecular weight excluding hydrogens is 510 g/mol. The number of H-pyrrole nitrogens is 1. The highest BCUT2D eigenvalue weighted by molar-refractivity contribution is 6.23. The second kappa shape index (κ2) is 11.0. The van der Waals surface area contributed by atoms with Crippen LogP contribution < -0.4 is 15.4 Å². The summed E-state index contributed by atoms with van der Waals surface area (Å²) >= 11 is 0. The number of aliphatic imine (C=N–C) groups is 1. The number of ether oxygens (including phenoxy) is 1. The van der Waals surface area contributed by atoms with Gasteiger partial charge in [0.05, 0.1) is 18.2 Å². The van der Waals surface area contributed by atoms with Crippen molar-refractivity contribution in [3.8, 4) is 5.75 Å². The second-order valence-electron chi connectivity index (χ2n) is 9.50. The molecule has 2 aromatic heterocycles. The van der Waals surface area contributed by atoms with Gasteiger partial charge in [0.15, 0.2) is 0 Å². The van der Waals surface area contributed by atoms with Gasteiger partial charge in [-0.25, -0.2) is 9.97 Å². The molecule has 3 heterocycles. The Morgan fingerprint density at radius 2 is 1.73 bits per heavy atom. The van der Waals surface area contributed by atoms with Gasteiger partial charge in [-0.15, -0.1) is 0 Å². The normalized spacial score (nSPS) is 13.9. The highest BCUT2D eigenvalue weighted by Gasteiger charge is 2.40. The van der Waals surface area contributed by atoms with Crippen molar-refractivity contribution in [1.82, 2.24) is 25.2 Å². The van der Waals surface area contributed by atoms with E-state index in [-0.39, 0.29) is 23.0 Å². The number of methoxy groups -OCH3 is 1. The number of imide groups is 1. The predicted molar refractivity (Wildman–Crippen MR) is 151 cm³/mol. The van der Waals surface area contributed by atoms with Gasteiger partial charge < -0.3 is 9.72 Å². The molecule has 11 nitrogen and oxygen atoms in total. The summed E-state index contributed by atoms with van der Waals surface area (Å²) < 4.78 is 5.35. The van der Waals surface area contributed by atoms with Crippen LogP contribution in [0.1, 0.15) is 44.6 Å². The number of hydrogen-bond acceptors (Lipinski definition) is 7. The summed E-state index contributed by atoms with van der Waals surface area (Å²) in [6.07, 6.45) is 2.48. The number of aryl methyl sites for hydroxylation is 2. The Kier molecular flexibility index (Phi) is 7.28. The summed E-state index contributed by atoms with van der Waals surface area (Å²) in [4.78, 5) is 56.7. The van der Waals surface area contributed by atoms with E-state index in [2.05, 4.69) is 30.6 Å². The van der Waals surface area contributed by atoms with Crippen LogP contribution in [0.3, 0.4) is 0 Å². The molecule has 0 spiro atoms. The molecule has 0 fully saturated rings. The van der Waals surface area contributed by atoms with Crippen LogP contribution >= 0.6 is 0 Å². The third-order valence-electron chi connectivity index (χ3n) is 6.67. The number of anilines is 1. The molecule has 204 valence electrons. The highest BCUT2D eigenvalue weighted by atomic mass is 16.5. The number of carbonyl (C=O) groups is 3. The first kappa shape index (κ1) is 26.5. The van der Waals surface area contributed by atoms with Gasteiger partial charge in [-0.3, -0.25) is 34.9 Å². The maximum atomic E-state index is 13.3. The van der Waals surface area contributed by atoms with Crippen LogP contribution in [0, 0.1) is 13.8 Å². The Balaban J connectivity index is 1.36. The number of benzene rings is 2. The molecule has 2 aromatic carbocycles. The molecule has 0 aliphatic carbocycles. The molecule has 11 heteroatoms. The van der Waals surface area contributed by atoms with Crippen molar-refractivity contribution < 1.29 is 19.1 Å². The van der Waals surface area contributed by atoms with E-state index >= 15 is 0 Å². The molecule has 1 aliphatic rings. The number of aromatic amines is 1. The fraction of sp³-hybridized carbons (Fsp3) is 0.241. The quantitative estimate of drug-likeness (QED) is 0.186. The van der Waals surface area contributed by atoms with Gasteiger partial charge in [-0.1, -0.05) is 12.1 Å². The molecule has 0 saturated carbocycles. The Morgan fingerprint density at radius 3 is 2.38 bits per heavy atom. The van der Waals surface area contributed by atoms with Gasteiger partial charge in [0, 0.05) is 35.0 Å². The molecule has 1 aliphatic heterocycles. The zero-order valence-corrected chi connectivity index (χ0v) is 22.6. The van der Waals surface area contributed by atoms with Gasteiger partial charge in [0.2, 0.25) is 17.8 Å². The molecule has 0 bridgehead atoms. The lowest BCUT2D eigenvalue weighted by Crippen LogP contribution is -2.50. The zero-order valence-electron chi connectivity index (χ0n) is 22.6. The van der Waals surface area contributed by atoms with Crippen molar-refractivity contribution in [2.45, 2.75) is 33.2 Å². The Bertz CT molecular complexity index is 1600. The number of hydrogen-bond donors (Lipinski definition) is 3. The van der Waals surface area contributed by atoms with E-state index in [9.17, 15) is 14.4 Å². The van der Waals surface area contributed by atoms with Crippen LogP contribution in [0.25, 0.3) is 10.9 Å². The first-order valence-electron chi connectivity index (χ1n) is 12.8. The van der Waals surface area contributed by atoms with Crippen LogP contribution in [-0.2, 0) is 11.2 Å². The minimum atomic E-state index is -1.08. The second-order valence-corrected chi connectivity index (χ2v) is 9.50. The lowest BCUT2D eigenvalue weighted by Gasteiger charge is -2.22. The SMILES string of the molecule is COc1ccc2[nH]cc(CCN=C(NC(=O)[C@H](C)N3C(=O)c4ccccc4C3=O)Nc3nc(C)cc(C)n3)c2c1. The standard InChI is InChI=1S/C29H29N7O4/c1-16-13-17(2)33-29(32-16)35-28(30-12-11-19-15-31-24-10-9-20(40-4)14-23(19)24)34-25(37)18(3)36-26(38)21-7-5-6-8-22(21)27(36)39/h5-10,13-15,18,31H,11-12H2,1-4H3,(H2,30,32,33,34,35,37)/t18-/m0/s1. The maximum Gasteiger partial charge on any atom is 0.262 e. The van der Waals surface area contributed by atoms with Crippen LogP contribution in [-0.4, -0.2) is 63.2 Å². The van der Waals surface area contributed by atoms with Gasteiger partial charge in [0.1, 0.15) is 11.8 Å². The number of aromatic nitrogens is 3. The summed E-state index contributed by atoms with van der Waals surface area (Å²) in [5.74, 6) is -0.482. The molecule has 1 atom stereocenters. The number of amides is 3. The van der Waals surface area contributed by atoms with E-state index < -0.39 is 23.8 Å². The van der Waals surface area contributed by atoms with E-state index in [4.69, 9.17) is 4.74 Å². The number of carbonyl (C=O) groups excluding carboxylic acids is 3. The average molecular weight is 540 g/mol. The minimum absolute atomic E-state index is 0.107. The highest BCUT2D eigenvalue weighted by Crippen LogP contribution is 2.25. The van der Waals surface area contributed by atoms with Gasteiger partial charge in [-0.05, 0) is 69.2 Å². The number of nitrogens with one attached hydrogen (secondary N) is 3. The monoisotopic (exact) mass is 539 g/mol. The van der Waals surface area contributed by atoms with Crippen molar-refractivity contribution in [3.05, 3.63) is 82.8 Å². The molecule has 40 heavy (non-hydrogen) atoms. The predicted octanol–water partition coefficient (Wildman–Crippen LogP) is 3.39. The minimum Gasteiger partial charge on any atom is -0.497 e. The van der Waals surface area contributed by atoms with E-state index in [0.29, 0.717) is 13.0 Å². The number of guanidine groups is 1. The summed E-state index contributed by atoms with van der Waals surface area (Å²) in [5.41, 5.74) is 4.05. The smallest absolute Gasteiger partial charge is 0.262 e.